The number of hydrogen-bond donors (Lipinski definition) is 7. The molecule has 1 aliphatic carbocycles. The van der Waals surface area contributed by atoms with Crippen LogP contribution in [0.4, 0.5) is 0 Å². The molecule has 4 amide bonds. The van der Waals surface area contributed by atoms with E-state index in [0.717, 1.165) is 44.2 Å². The minimum Gasteiger partial charge on any atom is -0.507 e. The molecule has 2 rings (SSSR count). The standard InChI is InChI=1S/C29H42N4O9/c1-4-30-25(37)19(13-16(2)3)31-27(39)21(15-23(35)36)32-26(38)20(14-17-9-6-5-7-10-17)33-28(40)24-18(29(41)42)11-8-12-22(24)34/h8,11-12,16-17,19-21,34H,4-7,9-10,13-15H2,1-3H3,(H,30,37)(H,31,39)(H,32,38)(H,33,40)(H,35,36)(H,41,42)/t19-,20-,21-/m0/s1. The number of carbonyl (C=O) groups is 6. The lowest BCUT2D eigenvalue weighted by Crippen LogP contribution is -2.57. The lowest BCUT2D eigenvalue weighted by atomic mass is 9.84. The first-order valence-electron chi connectivity index (χ1n) is 14.3. The number of carbonyl (C=O) groups excluding carboxylic acids is 4. The highest BCUT2D eigenvalue weighted by atomic mass is 16.4. The van der Waals surface area contributed by atoms with Crippen LogP contribution in [0.25, 0.3) is 0 Å². The summed E-state index contributed by atoms with van der Waals surface area (Å²) in [5.41, 5.74) is -0.987. The normalized spacial score (nSPS) is 15.6. The Labute approximate surface area is 244 Å². The van der Waals surface area contributed by atoms with Gasteiger partial charge in [-0.05, 0) is 43.7 Å². The lowest BCUT2D eigenvalue weighted by molar-refractivity contribution is -0.141. The SMILES string of the molecule is CCNC(=O)[C@H](CC(C)C)NC(=O)[C@H](CC(=O)O)NC(=O)[C@H](CC1CCCCC1)NC(=O)c1c(O)cccc1C(=O)O. The summed E-state index contributed by atoms with van der Waals surface area (Å²) in [4.78, 5) is 75.7. The van der Waals surface area contributed by atoms with Crippen molar-refractivity contribution in [2.24, 2.45) is 11.8 Å². The number of phenolic OH excluding ortho intramolecular Hbond substituents is 1. The third-order valence-corrected chi connectivity index (χ3v) is 7.12. The topological polar surface area (TPSA) is 211 Å². The quantitative estimate of drug-likeness (QED) is 0.158. The van der Waals surface area contributed by atoms with Crippen LogP contribution >= 0.6 is 0 Å². The van der Waals surface area contributed by atoms with Gasteiger partial charge in [0.25, 0.3) is 5.91 Å². The third kappa shape index (κ3) is 10.3. The van der Waals surface area contributed by atoms with Gasteiger partial charge in [0.1, 0.15) is 23.9 Å². The van der Waals surface area contributed by atoms with Crippen molar-refractivity contribution in [3.63, 3.8) is 0 Å². The maximum atomic E-state index is 13.5. The minimum atomic E-state index is -1.57. The van der Waals surface area contributed by atoms with Crippen molar-refractivity contribution >= 4 is 35.6 Å². The summed E-state index contributed by atoms with van der Waals surface area (Å²) in [7, 11) is 0. The van der Waals surface area contributed by atoms with Gasteiger partial charge in [0.05, 0.1) is 17.5 Å². The van der Waals surface area contributed by atoms with Crippen LogP contribution in [0.5, 0.6) is 5.75 Å². The van der Waals surface area contributed by atoms with Gasteiger partial charge in [-0.3, -0.25) is 24.0 Å². The molecule has 0 radical (unpaired) electrons. The van der Waals surface area contributed by atoms with Gasteiger partial charge >= 0.3 is 11.9 Å². The molecule has 0 unspecified atom stereocenters. The molecule has 0 saturated heterocycles. The van der Waals surface area contributed by atoms with Gasteiger partial charge in [-0.1, -0.05) is 52.0 Å². The molecule has 3 atom stereocenters. The average Bonchev–Trinajstić information content (AvgIpc) is 2.91. The second-order valence-corrected chi connectivity index (χ2v) is 11.0. The molecule has 42 heavy (non-hydrogen) atoms. The third-order valence-electron chi connectivity index (χ3n) is 7.12. The van der Waals surface area contributed by atoms with Gasteiger partial charge < -0.3 is 36.6 Å². The van der Waals surface area contributed by atoms with E-state index in [-0.39, 0.29) is 24.7 Å². The van der Waals surface area contributed by atoms with Crippen LogP contribution < -0.4 is 21.3 Å². The zero-order chi connectivity index (χ0) is 31.4. The van der Waals surface area contributed by atoms with E-state index in [9.17, 15) is 44.1 Å². The second-order valence-electron chi connectivity index (χ2n) is 11.0. The number of rotatable bonds is 15. The van der Waals surface area contributed by atoms with E-state index in [4.69, 9.17) is 0 Å². The smallest absolute Gasteiger partial charge is 0.336 e. The molecule has 13 heteroatoms. The molecule has 13 nitrogen and oxygen atoms in total. The van der Waals surface area contributed by atoms with Crippen LogP contribution in [0, 0.1) is 11.8 Å². The van der Waals surface area contributed by atoms with Crippen LogP contribution in [0.1, 0.15) is 92.9 Å². The Morgan fingerprint density at radius 2 is 1.48 bits per heavy atom. The van der Waals surface area contributed by atoms with Crippen LogP contribution in [-0.2, 0) is 19.2 Å². The van der Waals surface area contributed by atoms with Crippen molar-refractivity contribution in [2.75, 3.05) is 6.54 Å². The van der Waals surface area contributed by atoms with Crippen LogP contribution in [-0.4, -0.2) is 75.6 Å². The van der Waals surface area contributed by atoms with E-state index < -0.39 is 77.0 Å². The van der Waals surface area contributed by atoms with E-state index in [1.54, 1.807) is 6.92 Å². The number of aromatic carboxylic acids is 1. The number of aromatic hydroxyl groups is 1. The summed E-state index contributed by atoms with van der Waals surface area (Å²) >= 11 is 0. The van der Waals surface area contributed by atoms with Crippen molar-refractivity contribution in [3.8, 4) is 5.75 Å². The van der Waals surface area contributed by atoms with E-state index in [2.05, 4.69) is 21.3 Å². The maximum Gasteiger partial charge on any atom is 0.336 e. The summed E-state index contributed by atoms with van der Waals surface area (Å²) in [5.74, 6) is -6.53. The summed E-state index contributed by atoms with van der Waals surface area (Å²) in [5, 5.41) is 39.3. The van der Waals surface area contributed by atoms with Gasteiger partial charge in [0, 0.05) is 6.54 Å². The summed E-state index contributed by atoms with van der Waals surface area (Å²) in [6.45, 7) is 5.75. The van der Waals surface area contributed by atoms with Gasteiger partial charge in [0.15, 0.2) is 0 Å². The summed E-state index contributed by atoms with van der Waals surface area (Å²) < 4.78 is 0. The maximum absolute atomic E-state index is 13.5. The lowest BCUT2D eigenvalue weighted by Gasteiger charge is -2.28. The molecule has 1 saturated carbocycles. The van der Waals surface area contributed by atoms with Crippen molar-refractivity contribution in [2.45, 2.75) is 90.3 Å². The van der Waals surface area contributed by atoms with Crippen molar-refractivity contribution in [3.05, 3.63) is 29.3 Å². The number of phenols is 1. The Bertz CT molecular complexity index is 1150. The Morgan fingerprint density at radius 3 is 2.05 bits per heavy atom. The van der Waals surface area contributed by atoms with Gasteiger partial charge in [-0.2, -0.15) is 0 Å². The molecule has 0 spiro atoms. The molecule has 0 aliphatic heterocycles. The molecule has 0 heterocycles. The summed E-state index contributed by atoms with van der Waals surface area (Å²) in [6, 6.07) is -0.232. The highest BCUT2D eigenvalue weighted by Crippen LogP contribution is 2.28. The molecule has 0 bridgehead atoms. The predicted molar refractivity (Wildman–Crippen MR) is 152 cm³/mol. The molecule has 0 aromatic heterocycles. The molecule has 7 N–H and O–H groups in total. The average molecular weight is 591 g/mol. The Hall–Kier alpha value is -4.16. The molecule has 1 aromatic rings. The fourth-order valence-electron chi connectivity index (χ4n) is 5.10. The van der Waals surface area contributed by atoms with Crippen LogP contribution in [0.15, 0.2) is 18.2 Å². The van der Waals surface area contributed by atoms with Crippen LogP contribution in [0.2, 0.25) is 0 Å². The van der Waals surface area contributed by atoms with Crippen molar-refractivity contribution in [1.29, 1.82) is 0 Å². The number of nitrogens with one attached hydrogen (secondary N) is 4. The van der Waals surface area contributed by atoms with Gasteiger partial charge in [0.2, 0.25) is 17.7 Å². The number of hydrogen-bond acceptors (Lipinski definition) is 7. The zero-order valence-electron chi connectivity index (χ0n) is 24.3. The number of aliphatic carboxylic acids is 1. The molecule has 1 aromatic carbocycles. The fourth-order valence-corrected chi connectivity index (χ4v) is 5.10. The highest BCUT2D eigenvalue weighted by Gasteiger charge is 2.33. The fraction of sp³-hybridized carbons (Fsp3) is 0.586. The molecule has 1 aliphatic rings. The van der Waals surface area contributed by atoms with Crippen LogP contribution in [0.3, 0.4) is 0 Å². The minimum absolute atomic E-state index is 0.0191. The predicted octanol–water partition coefficient (Wildman–Crippen LogP) is 1.79. The number of likely N-dealkylation sites (N-methyl/N-ethyl adjacent to an activating group) is 1. The molecule has 232 valence electrons. The number of carboxylic acids is 2. The molecular weight excluding hydrogens is 548 g/mol. The highest BCUT2D eigenvalue weighted by molar-refractivity contribution is 6.08. The Balaban J connectivity index is 2.33. The van der Waals surface area contributed by atoms with Gasteiger partial charge in [-0.25, -0.2) is 4.79 Å². The first kappa shape index (κ1) is 34.0. The Kier molecular flexibility index (Phi) is 13.2. The zero-order valence-corrected chi connectivity index (χ0v) is 24.3. The van der Waals surface area contributed by atoms with Crippen molar-refractivity contribution < 1.29 is 44.1 Å². The molecular formula is C29H42N4O9. The number of carboxylic acid groups (broad SMARTS) is 2. The van der Waals surface area contributed by atoms with E-state index in [0.29, 0.717) is 6.54 Å². The van der Waals surface area contributed by atoms with Crippen molar-refractivity contribution in [1.82, 2.24) is 21.3 Å². The van der Waals surface area contributed by atoms with Gasteiger partial charge in [-0.15, -0.1) is 0 Å². The second kappa shape index (κ2) is 16.3. The first-order valence-corrected chi connectivity index (χ1v) is 14.3. The number of benzene rings is 1. The Morgan fingerprint density at radius 1 is 0.857 bits per heavy atom. The largest absolute Gasteiger partial charge is 0.507 e. The first-order chi connectivity index (χ1) is 19.8. The van der Waals surface area contributed by atoms with E-state index in [1.165, 1.54) is 6.07 Å². The van der Waals surface area contributed by atoms with E-state index in [1.807, 2.05) is 13.8 Å². The van der Waals surface area contributed by atoms with E-state index >= 15 is 0 Å². The molecule has 1 fully saturated rings. The summed E-state index contributed by atoms with van der Waals surface area (Å²) in [6.07, 6.45) is 4.12. The number of amides is 4. The monoisotopic (exact) mass is 590 g/mol.